The summed E-state index contributed by atoms with van der Waals surface area (Å²) in [5, 5.41) is 17.9. The van der Waals surface area contributed by atoms with Crippen molar-refractivity contribution in [2.24, 2.45) is 0 Å². The lowest BCUT2D eigenvalue weighted by molar-refractivity contribution is 0.0518. The second-order valence-corrected chi connectivity index (χ2v) is 3.14. The summed E-state index contributed by atoms with van der Waals surface area (Å²) in [5.74, 6) is 1.45. The molecule has 5 nitrogen and oxygen atoms in total. The van der Waals surface area contributed by atoms with Gasteiger partial charge in [0.2, 0.25) is 5.75 Å². The van der Waals surface area contributed by atoms with E-state index in [1.54, 1.807) is 18.2 Å². The summed E-state index contributed by atoms with van der Waals surface area (Å²) in [7, 11) is 3.04. The first-order chi connectivity index (χ1) is 7.72. The number of benzene rings is 1. The van der Waals surface area contributed by atoms with Crippen LogP contribution in [0.15, 0.2) is 18.2 Å². The van der Waals surface area contributed by atoms with Crippen molar-refractivity contribution < 1.29 is 24.4 Å². The van der Waals surface area contributed by atoms with Crippen LogP contribution in [0.3, 0.4) is 0 Å². The number of hydrogen-bond acceptors (Lipinski definition) is 5. The third kappa shape index (κ3) is 3.01. The first-order valence-electron chi connectivity index (χ1n) is 4.85. The molecule has 0 fully saturated rings. The van der Waals surface area contributed by atoms with Crippen LogP contribution >= 0.6 is 0 Å². The lowest BCUT2D eigenvalue weighted by Gasteiger charge is -2.15. The van der Waals surface area contributed by atoms with Crippen LogP contribution in [0.1, 0.15) is 0 Å². The van der Waals surface area contributed by atoms with Gasteiger partial charge in [-0.15, -0.1) is 0 Å². The smallest absolute Gasteiger partial charge is 0.203 e. The molecule has 16 heavy (non-hydrogen) atoms. The van der Waals surface area contributed by atoms with E-state index in [0.29, 0.717) is 17.2 Å². The fourth-order valence-electron chi connectivity index (χ4n) is 1.19. The molecule has 0 aliphatic carbocycles. The van der Waals surface area contributed by atoms with E-state index in [4.69, 9.17) is 19.3 Å². The predicted octanol–water partition coefficient (Wildman–Crippen LogP) is 0.436. The summed E-state index contributed by atoms with van der Waals surface area (Å²) >= 11 is 0. The van der Waals surface area contributed by atoms with E-state index < -0.39 is 6.10 Å². The Kier molecular flexibility index (Phi) is 4.88. The molecule has 0 unspecified atom stereocenters. The van der Waals surface area contributed by atoms with Crippen molar-refractivity contribution in [3.8, 4) is 17.2 Å². The monoisotopic (exact) mass is 228 g/mol. The van der Waals surface area contributed by atoms with Crippen molar-refractivity contribution in [3.63, 3.8) is 0 Å². The topological polar surface area (TPSA) is 68.2 Å². The number of hydrogen-bond donors (Lipinski definition) is 2. The van der Waals surface area contributed by atoms with Gasteiger partial charge in [-0.25, -0.2) is 0 Å². The fourth-order valence-corrected chi connectivity index (χ4v) is 1.19. The van der Waals surface area contributed by atoms with Crippen molar-refractivity contribution in [1.82, 2.24) is 0 Å². The Labute approximate surface area is 94.2 Å². The molecular formula is C11H16O5. The summed E-state index contributed by atoms with van der Waals surface area (Å²) in [6.45, 7) is -0.370. The van der Waals surface area contributed by atoms with Gasteiger partial charge in [-0.3, -0.25) is 0 Å². The van der Waals surface area contributed by atoms with Gasteiger partial charge in [0.1, 0.15) is 12.7 Å². The average Bonchev–Trinajstić information content (AvgIpc) is 2.35. The first kappa shape index (κ1) is 12.6. The van der Waals surface area contributed by atoms with E-state index in [-0.39, 0.29) is 13.2 Å². The number of methoxy groups -OCH3 is 2. The highest BCUT2D eigenvalue weighted by Crippen LogP contribution is 2.36. The Morgan fingerprint density at radius 2 is 1.75 bits per heavy atom. The number of ether oxygens (including phenoxy) is 3. The zero-order valence-corrected chi connectivity index (χ0v) is 9.34. The number of aliphatic hydroxyl groups excluding tert-OH is 2. The Morgan fingerprint density at radius 3 is 2.19 bits per heavy atom. The Morgan fingerprint density at radius 1 is 1.19 bits per heavy atom. The molecule has 1 aromatic carbocycles. The van der Waals surface area contributed by atoms with E-state index in [1.165, 1.54) is 14.2 Å². The molecule has 2 N–H and O–H groups in total. The number of para-hydroxylation sites is 1. The summed E-state index contributed by atoms with van der Waals surface area (Å²) in [4.78, 5) is 0. The fraction of sp³-hybridized carbons (Fsp3) is 0.455. The van der Waals surface area contributed by atoms with Gasteiger partial charge in [0.15, 0.2) is 11.5 Å². The lowest BCUT2D eigenvalue weighted by Crippen LogP contribution is -2.21. The van der Waals surface area contributed by atoms with Crippen LogP contribution < -0.4 is 14.2 Å². The molecule has 0 bridgehead atoms. The molecule has 0 aliphatic heterocycles. The third-order valence-electron chi connectivity index (χ3n) is 2.01. The van der Waals surface area contributed by atoms with Crippen molar-refractivity contribution in [1.29, 1.82) is 0 Å². The number of aliphatic hydroxyl groups is 2. The molecule has 0 amide bonds. The van der Waals surface area contributed by atoms with Crippen molar-refractivity contribution in [2.75, 3.05) is 27.4 Å². The van der Waals surface area contributed by atoms with Gasteiger partial charge >= 0.3 is 0 Å². The minimum Gasteiger partial charge on any atom is -0.493 e. The first-order valence-corrected chi connectivity index (χ1v) is 4.85. The van der Waals surface area contributed by atoms with E-state index >= 15 is 0 Å². The molecule has 0 saturated carbocycles. The van der Waals surface area contributed by atoms with Crippen LogP contribution in [-0.4, -0.2) is 43.8 Å². The maximum atomic E-state index is 9.19. The van der Waals surface area contributed by atoms with E-state index in [2.05, 4.69) is 0 Å². The van der Waals surface area contributed by atoms with Crippen LogP contribution in [0, 0.1) is 0 Å². The third-order valence-corrected chi connectivity index (χ3v) is 2.01. The second kappa shape index (κ2) is 6.19. The van der Waals surface area contributed by atoms with Crippen LogP contribution in [-0.2, 0) is 0 Å². The molecule has 1 rings (SSSR count). The molecule has 1 atom stereocenters. The zero-order chi connectivity index (χ0) is 12.0. The second-order valence-electron chi connectivity index (χ2n) is 3.14. The van der Waals surface area contributed by atoms with Gasteiger partial charge in [-0.05, 0) is 12.1 Å². The Hall–Kier alpha value is -1.46. The van der Waals surface area contributed by atoms with Crippen molar-refractivity contribution in [2.45, 2.75) is 6.10 Å². The molecule has 5 heteroatoms. The summed E-state index contributed by atoms with van der Waals surface area (Å²) < 4.78 is 15.6. The highest BCUT2D eigenvalue weighted by molar-refractivity contribution is 5.51. The molecule has 0 aromatic heterocycles. The largest absolute Gasteiger partial charge is 0.493 e. The molecule has 1 aromatic rings. The maximum absolute atomic E-state index is 9.19. The summed E-state index contributed by atoms with van der Waals surface area (Å²) in [5.41, 5.74) is 0. The Balaban J connectivity index is 2.82. The van der Waals surface area contributed by atoms with Gasteiger partial charge in [0, 0.05) is 0 Å². The molecule has 0 aliphatic rings. The van der Waals surface area contributed by atoms with Crippen LogP contribution in [0.4, 0.5) is 0 Å². The van der Waals surface area contributed by atoms with Crippen molar-refractivity contribution in [3.05, 3.63) is 18.2 Å². The van der Waals surface area contributed by atoms with Gasteiger partial charge in [0.05, 0.1) is 20.8 Å². The number of rotatable bonds is 6. The minimum absolute atomic E-state index is 0.0206. The molecule has 90 valence electrons. The lowest BCUT2D eigenvalue weighted by atomic mass is 10.3. The molecule has 0 heterocycles. The summed E-state index contributed by atoms with van der Waals surface area (Å²) in [6, 6.07) is 5.22. The molecular weight excluding hydrogens is 212 g/mol. The molecule has 0 saturated heterocycles. The van der Waals surface area contributed by atoms with Crippen LogP contribution in [0.25, 0.3) is 0 Å². The van der Waals surface area contributed by atoms with E-state index in [0.717, 1.165) is 0 Å². The molecule has 0 radical (unpaired) electrons. The predicted molar refractivity (Wildman–Crippen MR) is 58.1 cm³/mol. The maximum Gasteiger partial charge on any atom is 0.203 e. The van der Waals surface area contributed by atoms with E-state index in [1.807, 2.05) is 0 Å². The van der Waals surface area contributed by atoms with Crippen molar-refractivity contribution >= 4 is 0 Å². The van der Waals surface area contributed by atoms with Gasteiger partial charge in [-0.1, -0.05) is 6.07 Å². The Bertz CT molecular complexity index is 304. The summed E-state index contributed by atoms with van der Waals surface area (Å²) in [6.07, 6.45) is -0.922. The van der Waals surface area contributed by atoms with E-state index in [9.17, 15) is 5.11 Å². The zero-order valence-electron chi connectivity index (χ0n) is 9.34. The minimum atomic E-state index is -0.922. The normalized spacial score (nSPS) is 12.0. The highest BCUT2D eigenvalue weighted by atomic mass is 16.5. The van der Waals surface area contributed by atoms with Gasteiger partial charge < -0.3 is 24.4 Å². The van der Waals surface area contributed by atoms with Gasteiger partial charge in [-0.2, -0.15) is 0 Å². The van der Waals surface area contributed by atoms with Gasteiger partial charge in [0.25, 0.3) is 0 Å². The SMILES string of the molecule is COc1cccc(OC)c1OC[C@H](O)CO. The average molecular weight is 228 g/mol. The standard InChI is InChI=1S/C11H16O5/c1-14-9-4-3-5-10(15-2)11(9)16-7-8(13)6-12/h3-5,8,12-13H,6-7H2,1-2H3/t8-/m1/s1. The highest BCUT2D eigenvalue weighted by Gasteiger charge is 2.12. The van der Waals surface area contributed by atoms with Crippen LogP contribution in [0.2, 0.25) is 0 Å². The quantitative estimate of drug-likeness (QED) is 0.739. The molecule has 0 spiro atoms. The van der Waals surface area contributed by atoms with Crippen LogP contribution in [0.5, 0.6) is 17.2 Å².